The molecular weight excluding hydrogens is 412 g/mol. The lowest BCUT2D eigenvalue weighted by molar-refractivity contribution is -0.127. The standard InChI is InChI=1S/C24H24N2O4S/c1-18-9-5-6-12-20(18)15-25-24(27)23-16-26(21-13-7-8-14-22(21)30-23)31(28,29)17-19-10-3-2-4-11-19/h2-14,23H,15-17H2,1H3,(H,25,27)/t23-/m0/s1. The molecular formula is C24H24N2O4S. The van der Waals surface area contributed by atoms with Crippen LogP contribution in [0.4, 0.5) is 5.69 Å². The highest BCUT2D eigenvalue weighted by Gasteiger charge is 2.36. The monoisotopic (exact) mass is 436 g/mol. The Morgan fingerprint density at radius 2 is 1.68 bits per heavy atom. The molecule has 0 saturated carbocycles. The maximum Gasteiger partial charge on any atom is 0.263 e. The number of anilines is 1. The normalized spacial score (nSPS) is 15.6. The van der Waals surface area contributed by atoms with Crippen LogP contribution in [0, 0.1) is 6.92 Å². The van der Waals surface area contributed by atoms with Gasteiger partial charge in [-0.2, -0.15) is 0 Å². The lowest BCUT2D eigenvalue weighted by atomic mass is 10.1. The number of fused-ring (bicyclic) bond motifs is 1. The fourth-order valence-corrected chi connectivity index (χ4v) is 5.15. The van der Waals surface area contributed by atoms with Crippen LogP contribution in [-0.4, -0.2) is 27.0 Å². The molecule has 3 aromatic rings. The van der Waals surface area contributed by atoms with Crippen LogP contribution >= 0.6 is 0 Å². The second kappa shape index (κ2) is 8.81. The molecule has 1 heterocycles. The van der Waals surface area contributed by atoms with Crippen LogP contribution < -0.4 is 14.4 Å². The molecule has 3 aromatic carbocycles. The van der Waals surface area contributed by atoms with Crippen LogP contribution in [0.3, 0.4) is 0 Å². The summed E-state index contributed by atoms with van der Waals surface area (Å²) in [4.78, 5) is 12.9. The fraction of sp³-hybridized carbons (Fsp3) is 0.208. The summed E-state index contributed by atoms with van der Waals surface area (Å²) >= 11 is 0. The van der Waals surface area contributed by atoms with Crippen molar-refractivity contribution in [3.05, 3.63) is 95.6 Å². The van der Waals surface area contributed by atoms with E-state index in [1.807, 2.05) is 37.3 Å². The summed E-state index contributed by atoms with van der Waals surface area (Å²) in [7, 11) is -3.72. The van der Waals surface area contributed by atoms with E-state index in [0.29, 0.717) is 23.5 Å². The van der Waals surface area contributed by atoms with Gasteiger partial charge in [-0.3, -0.25) is 9.10 Å². The molecule has 0 unspecified atom stereocenters. The van der Waals surface area contributed by atoms with Gasteiger partial charge in [0.1, 0.15) is 5.75 Å². The van der Waals surface area contributed by atoms with Crippen LogP contribution in [0.15, 0.2) is 78.9 Å². The number of ether oxygens (including phenoxy) is 1. The number of benzene rings is 3. The van der Waals surface area contributed by atoms with Gasteiger partial charge in [0.05, 0.1) is 18.0 Å². The van der Waals surface area contributed by atoms with Gasteiger partial charge in [-0.15, -0.1) is 0 Å². The molecule has 0 saturated heterocycles. The molecule has 0 radical (unpaired) electrons. The van der Waals surface area contributed by atoms with E-state index in [1.165, 1.54) is 4.31 Å². The quantitative estimate of drug-likeness (QED) is 0.643. The first kappa shape index (κ1) is 20.9. The molecule has 1 atom stereocenters. The molecule has 1 aliphatic rings. The number of aryl methyl sites for hydroxylation is 1. The Morgan fingerprint density at radius 3 is 2.45 bits per heavy atom. The number of carbonyl (C=O) groups excluding carboxylic acids is 1. The number of amides is 1. The van der Waals surface area contributed by atoms with E-state index in [1.54, 1.807) is 48.5 Å². The van der Waals surface area contributed by atoms with Crippen LogP contribution in [-0.2, 0) is 27.1 Å². The Labute approximate surface area is 182 Å². The van der Waals surface area contributed by atoms with Crippen molar-refractivity contribution >= 4 is 21.6 Å². The minimum atomic E-state index is -3.72. The van der Waals surface area contributed by atoms with Crippen LogP contribution in [0.25, 0.3) is 0 Å². The molecule has 4 rings (SSSR count). The smallest absolute Gasteiger partial charge is 0.263 e. The van der Waals surface area contributed by atoms with Crippen molar-refractivity contribution in [3.63, 3.8) is 0 Å². The molecule has 1 amide bonds. The summed E-state index contributed by atoms with van der Waals surface area (Å²) in [6.45, 7) is 2.25. The van der Waals surface area contributed by atoms with Gasteiger partial charge in [0.25, 0.3) is 5.91 Å². The van der Waals surface area contributed by atoms with Gasteiger partial charge >= 0.3 is 0 Å². The Bertz CT molecular complexity index is 1180. The SMILES string of the molecule is Cc1ccccc1CNC(=O)[C@@H]1CN(S(=O)(=O)Cc2ccccc2)c2ccccc2O1. The maximum absolute atomic E-state index is 13.2. The average Bonchev–Trinajstić information content (AvgIpc) is 2.78. The molecule has 7 heteroatoms. The predicted molar refractivity (Wildman–Crippen MR) is 120 cm³/mol. The number of para-hydroxylation sites is 2. The van der Waals surface area contributed by atoms with E-state index in [2.05, 4.69) is 5.32 Å². The van der Waals surface area contributed by atoms with Gasteiger partial charge in [0, 0.05) is 6.54 Å². The zero-order valence-corrected chi connectivity index (χ0v) is 18.0. The fourth-order valence-electron chi connectivity index (χ4n) is 3.57. The topological polar surface area (TPSA) is 75.7 Å². The first-order valence-electron chi connectivity index (χ1n) is 10.1. The molecule has 0 spiro atoms. The highest BCUT2D eigenvalue weighted by molar-refractivity contribution is 7.92. The number of carbonyl (C=O) groups is 1. The van der Waals surface area contributed by atoms with Crippen molar-refractivity contribution in [1.29, 1.82) is 0 Å². The molecule has 0 aliphatic carbocycles. The van der Waals surface area contributed by atoms with Crippen molar-refractivity contribution in [1.82, 2.24) is 5.32 Å². The van der Waals surface area contributed by atoms with Crippen molar-refractivity contribution in [2.24, 2.45) is 0 Å². The first-order valence-corrected chi connectivity index (χ1v) is 11.7. The summed E-state index contributed by atoms with van der Waals surface area (Å²) in [6.07, 6.45) is -0.940. The number of nitrogens with zero attached hydrogens (tertiary/aromatic N) is 1. The van der Waals surface area contributed by atoms with Crippen molar-refractivity contribution in [2.45, 2.75) is 25.3 Å². The van der Waals surface area contributed by atoms with E-state index < -0.39 is 16.1 Å². The lowest BCUT2D eigenvalue weighted by Gasteiger charge is -2.34. The third-order valence-corrected chi connectivity index (χ3v) is 6.98. The number of sulfonamides is 1. The molecule has 31 heavy (non-hydrogen) atoms. The van der Waals surface area contributed by atoms with E-state index in [4.69, 9.17) is 4.74 Å². The van der Waals surface area contributed by atoms with E-state index in [9.17, 15) is 13.2 Å². The zero-order valence-electron chi connectivity index (χ0n) is 17.2. The molecule has 1 N–H and O–H groups in total. The number of rotatable bonds is 6. The lowest BCUT2D eigenvalue weighted by Crippen LogP contribution is -2.50. The van der Waals surface area contributed by atoms with Crippen molar-refractivity contribution in [3.8, 4) is 5.75 Å². The highest BCUT2D eigenvalue weighted by Crippen LogP contribution is 2.35. The summed E-state index contributed by atoms with van der Waals surface area (Å²) in [5.41, 5.74) is 3.21. The van der Waals surface area contributed by atoms with Gasteiger partial charge in [0.15, 0.2) is 6.10 Å². The molecule has 1 aliphatic heterocycles. The Hall–Kier alpha value is -3.32. The van der Waals surface area contributed by atoms with Crippen molar-refractivity contribution in [2.75, 3.05) is 10.8 Å². The van der Waals surface area contributed by atoms with E-state index >= 15 is 0 Å². The second-order valence-corrected chi connectivity index (χ2v) is 9.38. The molecule has 0 aromatic heterocycles. The average molecular weight is 437 g/mol. The van der Waals surface area contributed by atoms with Crippen LogP contribution in [0.2, 0.25) is 0 Å². The summed E-state index contributed by atoms with van der Waals surface area (Å²) in [6, 6.07) is 23.7. The van der Waals surface area contributed by atoms with Crippen molar-refractivity contribution < 1.29 is 17.9 Å². The Balaban J connectivity index is 1.55. The zero-order chi connectivity index (χ0) is 21.8. The highest BCUT2D eigenvalue weighted by atomic mass is 32.2. The third kappa shape index (κ3) is 4.72. The van der Waals surface area contributed by atoms with Gasteiger partial charge in [-0.05, 0) is 35.7 Å². The Morgan fingerprint density at radius 1 is 1.00 bits per heavy atom. The van der Waals surface area contributed by atoms with Gasteiger partial charge in [0.2, 0.25) is 10.0 Å². The van der Waals surface area contributed by atoms with E-state index in [0.717, 1.165) is 11.1 Å². The third-order valence-electron chi connectivity index (χ3n) is 5.27. The van der Waals surface area contributed by atoms with Gasteiger partial charge < -0.3 is 10.1 Å². The minimum absolute atomic E-state index is 0.0776. The molecule has 6 nitrogen and oxygen atoms in total. The maximum atomic E-state index is 13.2. The first-order chi connectivity index (χ1) is 14.9. The van der Waals surface area contributed by atoms with Gasteiger partial charge in [-0.1, -0.05) is 66.7 Å². The summed E-state index contributed by atoms with van der Waals surface area (Å²) in [5.74, 6) is -0.126. The van der Waals surface area contributed by atoms with Crippen LogP contribution in [0.1, 0.15) is 16.7 Å². The minimum Gasteiger partial charge on any atom is -0.476 e. The summed E-state index contributed by atoms with van der Waals surface area (Å²) in [5, 5.41) is 2.88. The van der Waals surface area contributed by atoms with Gasteiger partial charge in [-0.25, -0.2) is 8.42 Å². The number of hydrogen-bond acceptors (Lipinski definition) is 4. The Kier molecular flexibility index (Phi) is 5.95. The predicted octanol–water partition coefficient (Wildman–Crippen LogP) is 3.41. The second-order valence-electron chi connectivity index (χ2n) is 7.49. The number of hydrogen-bond donors (Lipinski definition) is 1. The largest absolute Gasteiger partial charge is 0.476 e. The van der Waals surface area contributed by atoms with E-state index in [-0.39, 0.29) is 18.2 Å². The number of nitrogens with one attached hydrogen (secondary N) is 1. The molecule has 0 bridgehead atoms. The van der Waals surface area contributed by atoms with Crippen LogP contribution in [0.5, 0.6) is 5.75 Å². The summed E-state index contributed by atoms with van der Waals surface area (Å²) < 4.78 is 33.7. The molecule has 160 valence electrons. The molecule has 0 fully saturated rings.